The summed E-state index contributed by atoms with van der Waals surface area (Å²) in [6, 6.07) is 10.9. The molecule has 0 saturated carbocycles. The molecule has 0 bridgehead atoms. The number of rotatable bonds is 7. The van der Waals surface area contributed by atoms with Crippen molar-refractivity contribution in [1.82, 2.24) is 24.8 Å². The van der Waals surface area contributed by atoms with Crippen LogP contribution < -0.4 is 5.32 Å². The molecule has 6 nitrogen and oxygen atoms in total. The van der Waals surface area contributed by atoms with Gasteiger partial charge >= 0.3 is 0 Å². The minimum absolute atomic E-state index is 0.452. The molecule has 2 aliphatic heterocycles. The van der Waals surface area contributed by atoms with E-state index in [4.69, 9.17) is 26.4 Å². The minimum atomic E-state index is 0.452. The maximum atomic E-state index is 6.07. The molecule has 2 saturated heterocycles. The third-order valence-corrected chi connectivity index (χ3v) is 7.91. The Morgan fingerprint density at radius 2 is 1.94 bits per heavy atom. The van der Waals surface area contributed by atoms with Crippen molar-refractivity contribution in [3.63, 3.8) is 0 Å². The Kier molecular flexibility index (Phi) is 7.49. The number of aromatic nitrogens is 3. The number of piperidine rings is 1. The summed E-state index contributed by atoms with van der Waals surface area (Å²) < 4.78 is 7.65. The molecule has 0 aliphatic carbocycles. The highest BCUT2D eigenvalue weighted by Crippen LogP contribution is 2.29. The number of aryl methyl sites for hydroxylation is 1. The van der Waals surface area contributed by atoms with Crippen LogP contribution in [0.5, 0.6) is 0 Å². The van der Waals surface area contributed by atoms with Gasteiger partial charge in [-0.15, -0.1) is 0 Å². The van der Waals surface area contributed by atoms with E-state index >= 15 is 0 Å². The van der Waals surface area contributed by atoms with E-state index in [1.54, 1.807) is 0 Å². The molecular formula is C27H36ClN5O. The lowest BCUT2D eigenvalue weighted by Crippen LogP contribution is -2.36. The standard InChI is InChI=1S/C27H36ClN5O/c1-19(22-10-14-34-15-11-22)30-16-25-20(2)31-33-26(9-12-29-27(25)33)23-4-3-13-32(18-23)17-21-5-7-24(28)8-6-21/h5-9,12,19,22-23,30H,3-4,10-11,13-18H2,1-2H3/t19-,23+/m1/s1. The minimum Gasteiger partial charge on any atom is -0.381 e. The van der Waals surface area contributed by atoms with Crippen LogP contribution in [-0.4, -0.2) is 51.8 Å². The second kappa shape index (κ2) is 10.7. The van der Waals surface area contributed by atoms with Gasteiger partial charge in [0.25, 0.3) is 0 Å². The van der Waals surface area contributed by atoms with E-state index in [9.17, 15) is 0 Å². The quantitative estimate of drug-likeness (QED) is 0.516. The van der Waals surface area contributed by atoms with Crippen molar-refractivity contribution in [2.24, 2.45) is 5.92 Å². The van der Waals surface area contributed by atoms with Crippen LogP contribution >= 0.6 is 11.6 Å². The van der Waals surface area contributed by atoms with Crippen LogP contribution in [0.3, 0.4) is 0 Å². The zero-order valence-electron chi connectivity index (χ0n) is 20.3. The SMILES string of the molecule is Cc1nn2c([C@H]3CCCN(Cc4ccc(Cl)cc4)C3)ccnc2c1CN[C@H](C)C1CCOCC1. The summed E-state index contributed by atoms with van der Waals surface area (Å²) in [5, 5.41) is 9.51. The first kappa shape index (κ1) is 23.7. The second-order valence-electron chi connectivity index (χ2n) is 9.99. The van der Waals surface area contributed by atoms with E-state index in [1.807, 2.05) is 18.3 Å². The fraction of sp³-hybridized carbons (Fsp3) is 0.556. The van der Waals surface area contributed by atoms with Crippen molar-refractivity contribution in [3.05, 3.63) is 64.1 Å². The number of nitrogens with one attached hydrogen (secondary N) is 1. The van der Waals surface area contributed by atoms with E-state index in [0.29, 0.717) is 17.9 Å². The highest BCUT2D eigenvalue weighted by atomic mass is 35.5. The van der Waals surface area contributed by atoms with Crippen LogP contribution in [0.15, 0.2) is 36.5 Å². The van der Waals surface area contributed by atoms with Gasteiger partial charge < -0.3 is 10.1 Å². The van der Waals surface area contributed by atoms with Crippen LogP contribution in [0.1, 0.15) is 61.0 Å². The molecule has 2 atom stereocenters. The number of hydrogen-bond donors (Lipinski definition) is 1. The summed E-state index contributed by atoms with van der Waals surface area (Å²) in [6.07, 6.45) is 6.62. The summed E-state index contributed by atoms with van der Waals surface area (Å²) in [5.41, 5.74) is 5.87. The van der Waals surface area contributed by atoms with Gasteiger partial charge in [0.2, 0.25) is 0 Å². The first-order valence-corrected chi connectivity index (χ1v) is 13.1. The van der Waals surface area contributed by atoms with E-state index in [0.717, 1.165) is 68.6 Å². The van der Waals surface area contributed by atoms with Gasteiger partial charge in [-0.3, -0.25) is 4.90 Å². The summed E-state index contributed by atoms with van der Waals surface area (Å²) in [7, 11) is 0. The normalized spacial score (nSPS) is 21.2. The first-order valence-electron chi connectivity index (χ1n) is 12.7. The Morgan fingerprint density at radius 3 is 2.74 bits per heavy atom. The Morgan fingerprint density at radius 1 is 1.15 bits per heavy atom. The van der Waals surface area contributed by atoms with Gasteiger partial charge in [-0.2, -0.15) is 5.10 Å². The maximum absolute atomic E-state index is 6.07. The van der Waals surface area contributed by atoms with Crippen molar-refractivity contribution in [2.75, 3.05) is 26.3 Å². The number of benzene rings is 1. The molecule has 0 radical (unpaired) electrons. The molecule has 5 rings (SSSR count). The molecule has 4 heterocycles. The fourth-order valence-corrected chi connectivity index (χ4v) is 5.69. The largest absolute Gasteiger partial charge is 0.381 e. The molecule has 1 aromatic carbocycles. The van der Waals surface area contributed by atoms with Crippen molar-refractivity contribution in [3.8, 4) is 0 Å². The van der Waals surface area contributed by atoms with Gasteiger partial charge in [0, 0.05) is 61.6 Å². The van der Waals surface area contributed by atoms with Gasteiger partial charge in [0.15, 0.2) is 5.65 Å². The highest BCUT2D eigenvalue weighted by Gasteiger charge is 2.26. The Bertz CT molecular complexity index is 1090. The van der Waals surface area contributed by atoms with Crippen LogP contribution in [0.4, 0.5) is 0 Å². The molecule has 0 spiro atoms. The van der Waals surface area contributed by atoms with Gasteiger partial charge in [-0.05, 0) is 75.8 Å². The zero-order valence-corrected chi connectivity index (χ0v) is 21.1. The van der Waals surface area contributed by atoms with Crippen molar-refractivity contribution < 1.29 is 4.74 Å². The highest BCUT2D eigenvalue weighted by molar-refractivity contribution is 6.30. The average Bonchev–Trinajstić information content (AvgIpc) is 3.19. The van der Waals surface area contributed by atoms with Gasteiger partial charge in [-0.1, -0.05) is 23.7 Å². The Hall–Kier alpha value is -1.99. The second-order valence-corrected chi connectivity index (χ2v) is 10.4. The average molecular weight is 482 g/mol. The summed E-state index contributed by atoms with van der Waals surface area (Å²) in [5.74, 6) is 1.13. The van der Waals surface area contributed by atoms with E-state index in [-0.39, 0.29) is 0 Å². The summed E-state index contributed by atoms with van der Waals surface area (Å²) in [6.45, 7) is 10.1. The number of hydrogen-bond acceptors (Lipinski definition) is 5. The van der Waals surface area contributed by atoms with Crippen LogP contribution in [0.2, 0.25) is 5.02 Å². The van der Waals surface area contributed by atoms with Crippen LogP contribution in [0, 0.1) is 12.8 Å². The smallest absolute Gasteiger partial charge is 0.159 e. The monoisotopic (exact) mass is 481 g/mol. The van der Waals surface area contributed by atoms with E-state index in [2.05, 4.69) is 46.8 Å². The molecule has 2 aromatic heterocycles. The lowest BCUT2D eigenvalue weighted by molar-refractivity contribution is 0.0558. The fourth-order valence-electron chi connectivity index (χ4n) is 5.56. The molecule has 1 N–H and O–H groups in total. The number of likely N-dealkylation sites (tertiary alicyclic amines) is 1. The number of halogens is 1. The topological polar surface area (TPSA) is 54.7 Å². The van der Waals surface area contributed by atoms with Gasteiger partial charge in [-0.25, -0.2) is 9.50 Å². The molecule has 2 aliphatic rings. The molecule has 34 heavy (non-hydrogen) atoms. The molecule has 3 aromatic rings. The lowest BCUT2D eigenvalue weighted by atomic mass is 9.93. The van der Waals surface area contributed by atoms with Gasteiger partial charge in [0.1, 0.15) is 0 Å². The summed E-state index contributed by atoms with van der Waals surface area (Å²) >= 11 is 6.07. The van der Waals surface area contributed by atoms with Crippen LogP contribution in [0.25, 0.3) is 5.65 Å². The van der Waals surface area contributed by atoms with Crippen molar-refractivity contribution >= 4 is 17.2 Å². The first-order chi connectivity index (χ1) is 16.6. The molecule has 7 heteroatoms. The van der Waals surface area contributed by atoms with Gasteiger partial charge in [0.05, 0.1) is 11.4 Å². The number of nitrogens with zero attached hydrogens (tertiary/aromatic N) is 4. The molecule has 0 amide bonds. The Labute approximate surface area is 207 Å². The Balaban J connectivity index is 1.30. The number of ether oxygens (including phenoxy) is 1. The third kappa shape index (κ3) is 5.30. The summed E-state index contributed by atoms with van der Waals surface area (Å²) in [4.78, 5) is 7.31. The van der Waals surface area contributed by atoms with Crippen molar-refractivity contribution in [1.29, 1.82) is 0 Å². The van der Waals surface area contributed by atoms with E-state index < -0.39 is 0 Å². The predicted molar refractivity (Wildman–Crippen MR) is 136 cm³/mol. The molecule has 2 fully saturated rings. The van der Waals surface area contributed by atoms with Crippen LogP contribution in [-0.2, 0) is 17.8 Å². The van der Waals surface area contributed by atoms with E-state index in [1.165, 1.54) is 29.7 Å². The zero-order chi connectivity index (χ0) is 23.5. The molecular weight excluding hydrogens is 446 g/mol. The molecule has 0 unspecified atom stereocenters. The lowest BCUT2D eigenvalue weighted by Gasteiger charge is -2.33. The number of fused-ring (bicyclic) bond motifs is 1. The maximum Gasteiger partial charge on any atom is 0.159 e. The predicted octanol–water partition coefficient (Wildman–Crippen LogP) is 4.98. The molecule has 182 valence electrons. The van der Waals surface area contributed by atoms with Crippen molar-refractivity contribution in [2.45, 2.75) is 64.6 Å². The third-order valence-electron chi connectivity index (χ3n) is 7.66.